The van der Waals surface area contributed by atoms with Crippen molar-refractivity contribution in [3.8, 4) is 22.8 Å². The molecule has 5 rings (SSSR count). The fourth-order valence-electron chi connectivity index (χ4n) is 5.43. The summed E-state index contributed by atoms with van der Waals surface area (Å²) in [5.74, 6) is -2.93. The Hall–Kier alpha value is -4.46. The molecule has 4 aromatic rings. The molecule has 45 heavy (non-hydrogen) atoms. The van der Waals surface area contributed by atoms with E-state index in [-0.39, 0.29) is 35.3 Å². The van der Waals surface area contributed by atoms with Gasteiger partial charge in [0.2, 0.25) is 0 Å². The molecule has 0 atom stereocenters. The molecule has 0 unspecified atom stereocenters. The van der Waals surface area contributed by atoms with Crippen LogP contribution in [0.3, 0.4) is 0 Å². The molecule has 3 heterocycles. The second kappa shape index (κ2) is 12.5. The standard InChI is InChI=1S/C31H27F7N4O3/c1-18-13-22(25-3-2-4-26(40-25)42-28(31(36,37)38)23(15-39-42)29(43)44)27(24(32)14-18)45-16-19-5-7-20(8-6-19)21-9-11-41(12-10-21)17-30(33,34)35/h2-8,13-15,21H,9-12,16-17H2,1H3,(H,43,44). The Kier molecular flexibility index (Phi) is 8.88. The minimum Gasteiger partial charge on any atom is -0.485 e. The van der Waals surface area contributed by atoms with Gasteiger partial charge in [-0.3, -0.25) is 4.90 Å². The number of hydrogen-bond acceptors (Lipinski definition) is 5. The first-order chi connectivity index (χ1) is 21.2. The van der Waals surface area contributed by atoms with Gasteiger partial charge >= 0.3 is 18.3 Å². The largest absolute Gasteiger partial charge is 0.485 e. The summed E-state index contributed by atoms with van der Waals surface area (Å²) in [5.41, 5.74) is -0.158. The van der Waals surface area contributed by atoms with Crippen molar-refractivity contribution in [1.29, 1.82) is 0 Å². The Morgan fingerprint density at radius 3 is 2.33 bits per heavy atom. The van der Waals surface area contributed by atoms with Crippen LogP contribution in [-0.4, -0.2) is 56.6 Å². The number of aromatic carboxylic acids is 1. The maximum Gasteiger partial charge on any atom is 0.434 e. The Labute approximate surface area is 252 Å². The number of piperidine rings is 1. The van der Waals surface area contributed by atoms with E-state index in [1.54, 1.807) is 25.1 Å². The molecular formula is C31H27F7N4O3. The highest BCUT2D eigenvalue weighted by molar-refractivity contribution is 5.89. The number of aryl methyl sites for hydroxylation is 1. The SMILES string of the molecule is Cc1cc(F)c(OCc2ccc(C3CCN(CC(F)(F)F)CC3)cc2)c(-c2cccc(-n3ncc(C(=O)O)c3C(F)(F)F)n2)c1. The van der Waals surface area contributed by atoms with Gasteiger partial charge in [0.05, 0.1) is 18.4 Å². The molecule has 0 amide bonds. The van der Waals surface area contributed by atoms with E-state index in [1.165, 1.54) is 29.2 Å². The van der Waals surface area contributed by atoms with Gasteiger partial charge in [-0.15, -0.1) is 0 Å². The second-order valence-corrected chi connectivity index (χ2v) is 10.8. The van der Waals surface area contributed by atoms with Crippen molar-refractivity contribution in [3.63, 3.8) is 0 Å². The molecule has 1 N–H and O–H groups in total. The summed E-state index contributed by atoms with van der Waals surface area (Å²) < 4.78 is 101. The molecule has 0 spiro atoms. The molecule has 1 fully saturated rings. The van der Waals surface area contributed by atoms with Crippen molar-refractivity contribution in [2.24, 2.45) is 0 Å². The van der Waals surface area contributed by atoms with Gasteiger partial charge in [-0.2, -0.15) is 31.4 Å². The monoisotopic (exact) mass is 636 g/mol. The molecule has 1 aliphatic heterocycles. The van der Waals surface area contributed by atoms with Gasteiger partial charge in [0, 0.05) is 5.56 Å². The van der Waals surface area contributed by atoms with Crippen LogP contribution in [0.1, 0.15) is 51.5 Å². The van der Waals surface area contributed by atoms with Crippen molar-refractivity contribution in [2.75, 3.05) is 19.6 Å². The number of likely N-dealkylation sites (tertiary alicyclic amines) is 1. The summed E-state index contributed by atoms with van der Waals surface area (Å²) >= 11 is 0. The van der Waals surface area contributed by atoms with Gasteiger partial charge in [0.15, 0.2) is 23.1 Å². The van der Waals surface area contributed by atoms with E-state index in [0.29, 0.717) is 47.9 Å². The minimum atomic E-state index is -5.05. The molecule has 0 aliphatic carbocycles. The van der Waals surface area contributed by atoms with Crippen molar-refractivity contribution in [3.05, 3.63) is 94.6 Å². The normalized spacial score (nSPS) is 14.9. The molecule has 7 nitrogen and oxygen atoms in total. The van der Waals surface area contributed by atoms with Crippen LogP contribution >= 0.6 is 0 Å². The number of halogens is 7. The number of ether oxygens (including phenoxy) is 1. The predicted molar refractivity (Wildman–Crippen MR) is 149 cm³/mol. The molecule has 2 aromatic heterocycles. The zero-order valence-corrected chi connectivity index (χ0v) is 23.8. The molecule has 1 saturated heterocycles. The number of carboxylic acids is 1. The van der Waals surface area contributed by atoms with Crippen LogP contribution in [0.5, 0.6) is 5.75 Å². The lowest BCUT2D eigenvalue weighted by Crippen LogP contribution is -2.39. The number of alkyl halides is 6. The van der Waals surface area contributed by atoms with E-state index >= 15 is 4.39 Å². The topological polar surface area (TPSA) is 80.5 Å². The fourth-order valence-corrected chi connectivity index (χ4v) is 5.43. The lowest BCUT2D eigenvalue weighted by Gasteiger charge is -2.32. The van der Waals surface area contributed by atoms with Crippen LogP contribution in [0.2, 0.25) is 0 Å². The molecule has 0 radical (unpaired) electrons. The van der Waals surface area contributed by atoms with E-state index in [2.05, 4.69) is 10.1 Å². The Morgan fingerprint density at radius 2 is 1.71 bits per heavy atom. The average Bonchev–Trinajstić information content (AvgIpc) is 3.43. The molecule has 0 saturated carbocycles. The molecule has 1 aliphatic rings. The summed E-state index contributed by atoms with van der Waals surface area (Å²) in [4.78, 5) is 17.0. The van der Waals surface area contributed by atoms with Gasteiger partial charge in [-0.05, 0) is 79.7 Å². The third-order valence-electron chi connectivity index (χ3n) is 7.51. The van der Waals surface area contributed by atoms with Crippen molar-refractivity contribution >= 4 is 5.97 Å². The summed E-state index contributed by atoms with van der Waals surface area (Å²) in [7, 11) is 0. The number of hydrogen-bond donors (Lipinski definition) is 1. The Balaban J connectivity index is 1.35. The number of carbonyl (C=O) groups is 1. The molecular weight excluding hydrogens is 609 g/mol. The number of pyridine rings is 1. The van der Waals surface area contributed by atoms with Crippen molar-refractivity contribution in [1.82, 2.24) is 19.7 Å². The van der Waals surface area contributed by atoms with E-state index < -0.39 is 41.9 Å². The van der Waals surface area contributed by atoms with Gasteiger partial charge in [0.25, 0.3) is 0 Å². The third-order valence-corrected chi connectivity index (χ3v) is 7.51. The minimum absolute atomic E-state index is 0.0592. The Morgan fingerprint density at radius 1 is 1.02 bits per heavy atom. The summed E-state index contributed by atoms with van der Waals surface area (Å²) in [6.07, 6.45) is -7.51. The molecule has 0 bridgehead atoms. The maximum atomic E-state index is 15.2. The molecule has 14 heteroatoms. The van der Waals surface area contributed by atoms with Gasteiger partial charge in [-0.1, -0.05) is 30.3 Å². The van der Waals surface area contributed by atoms with Crippen LogP contribution in [0, 0.1) is 12.7 Å². The van der Waals surface area contributed by atoms with Crippen LogP contribution in [0.25, 0.3) is 17.1 Å². The first-order valence-electron chi connectivity index (χ1n) is 13.9. The van der Waals surface area contributed by atoms with Gasteiger partial charge in [-0.25, -0.2) is 18.9 Å². The Bertz CT molecular complexity index is 1680. The quantitative estimate of drug-likeness (QED) is 0.203. The van der Waals surface area contributed by atoms with Gasteiger partial charge in [0.1, 0.15) is 12.2 Å². The number of nitrogens with zero attached hydrogens (tertiary/aromatic N) is 4. The van der Waals surface area contributed by atoms with Gasteiger partial charge < -0.3 is 9.84 Å². The number of carboxylic acid groups (broad SMARTS) is 1. The van der Waals surface area contributed by atoms with E-state index in [1.807, 2.05) is 12.1 Å². The van der Waals surface area contributed by atoms with Crippen molar-refractivity contribution < 1.29 is 45.4 Å². The summed E-state index contributed by atoms with van der Waals surface area (Å²) in [6, 6.07) is 14.2. The van der Waals surface area contributed by atoms with Crippen LogP contribution in [0.15, 0.2) is 60.8 Å². The highest BCUT2D eigenvalue weighted by Crippen LogP contribution is 2.37. The molecule has 238 valence electrons. The smallest absolute Gasteiger partial charge is 0.434 e. The van der Waals surface area contributed by atoms with Crippen LogP contribution in [-0.2, 0) is 12.8 Å². The van der Waals surface area contributed by atoms with E-state index in [4.69, 9.17) is 4.74 Å². The zero-order chi connectivity index (χ0) is 32.5. The van der Waals surface area contributed by atoms with Crippen LogP contribution < -0.4 is 4.74 Å². The zero-order valence-electron chi connectivity index (χ0n) is 23.8. The van der Waals surface area contributed by atoms with E-state index in [9.17, 15) is 36.2 Å². The first kappa shape index (κ1) is 31.9. The summed E-state index contributed by atoms with van der Waals surface area (Å²) in [5, 5.41) is 12.8. The third kappa shape index (κ3) is 7.44. The lowest BCUT2D eigenvalue weighted by atomic mass is 9.89. The van der Waals surface area contributed by atoms with Crippen molar-refractivity contribution in [2.45, 2.75) is 44.6 Å². The lowest BCUT2D eigenvalue weighted by molar-refractivity contribution is -0.148. The fraction of sp³-hybridized carbons (Fsp3) is 0.323. The van der Waals surface area contributed by atoms with E-state index in [0.717, 1.165) is 5.56 Å². The highest BCUT2D eigenvalue weighted by atomic mass is 19.4. The molecule has 2 aromatic carbocycles. The maximum absolute atomic E-state index is 15.2. The van der Waals surface area contributed by atoms with Crippen LogP contribution in [0.4, 0.5) is 30.7 Å². The highest BCUT2D eigenvalue weighted by Gasteiger charge is 2.41. The number of rotatable bonds is 8. The predicted octanol–water partition coefficient (Wildman–Crippen LogP) is 7.42. The summed E-state index contributed by atoms with van der Waals surface area (Å²) in [6.45, 7) is 1.34. The second-order valence-electron chi connectivity index (χ2n) is 10.8. The number of benzene rings is 2. The number of aromatic nitrogens is 3. The first-order valence-corrected chi connectivity index (χ1v) is 13.9. The average molecular weight is 637 g/mol.